The van der Waals surface area contributed by atoms with Gasteiger partial charge in [-0.25, -0.2) is 0 Å². The summed E-state index contributed by atoms with van der Waals surface area (Å²) in [4.78, 5) is 0. The van der Waals surface area contributed by atoms with Crippen molar-refractivity contribution in [1.29, 1.82) is 0 Å². The SMILES string of the molecule is C#CC1(OCc2ccccc2)CCCCC1. The molecule has 1 saturated carbocycles. The molecule has 0 unspecified atom stereocenters. The van der Waals surface area contributed by atoms with Gasteiger partial charge in [-0.2, -0.15) is 0 Å². The lowest BCUT2D eigenvalue weighted by Crippen LogP contribution is -2.33. The molecule has 0 amide bonds. The van der Waals surface area contributed by atoms with Crippen molar-refractivity contribution in [3.05, 3.63) is 35.9 Å². The Morgan fingerprint density at radius 3 is 2.44 bits per heavy atom. The van der Waals surface area contributed by atoms with Crippen LogP contribution in [0.2, 0.25) is 0 Å². The molecule has 0 saturated heterocycles. The predicted octanol–water partition coefficient (Wildman–Crippen LogP) is 3.54. The molecule has 1 aromatic rings. The number of hydrogen-bond donors (Lipinski definition) is 0. The van der Waals surface area contributed by atoms with Crippen LogP contribution in [0.25, 0.3) is 0 Å². The fourth-order valence-corrected chi connectivity index (χ4v) is 2.25. The molecule has 0 aliphatic heterocycles. The first kappa shape index (κ1) is 11.2. The van der Waals surface area contributed by atoms with Gasteiger partial charge in [0.2, 0.25) is 0 Å². The Labute approximate surface area is 97.8 Å². The third-order valence-corrected chi connectivity index (χ3v) is 3.28. The lowest BCUT2D eigenvalue weighted by molar-refractivity contribution is -0.0368. The summed E-state index contributed by atoms with van der Waals surface area (Å²) in [5.41, 5.74) is 0.899. The van der Waals surface area contributed by atoms with E-state index in [1.807, 2.05) is 18.2 Å². The zero-order valence-electron chi connectivity index (χ0n) is 9.61. The van der Waals surface area contributed by atoms with Crippen molar-refractivity contribution in [2.45, 2.75) is 44.3 Å². The Bertz CT molecular complexity index is 355. The van der Waals surface area contributed by atoms with Crippen molar-refractivity contribution in [2.24, 2.45) is 0 Å². The van der Waals surface area contributed by atoms with E-state index >= 15 is 0 Å². The van der Waals surface area contributed by atoms with Crippen LogP contribution in [0.3, 0.4) is 0 Å². The zero-order chi connectivity index (χ0) is 11.3. The molecule has 1 aromatic carbocycles. The van der Waals surface area contributed by atoms with Gasteiger partial charge in [0.15, 0.2) is 0 Å². The standard InChI is InChI=1S/C15H18O/c1-2-15(11-7-4-8-12-15)16-13-14-9-5-3-6-10-14/h1,3,5-6,9-10H,4,7-8,11-13H2. The van der Waals surface area contributed by atoms with Crippen LogP contribution >= 0.6 is 0 Å². The minimum Gasteiger partial charge on any atom is -0.358 e. The second kappa shape index (κ2) is 5.18. The summed E-state index contributed by atoms with van der Waals surface area (Å²) in [6.07, 6.45) is 11.3. The number of benzene rings is 1. The van der Waals surface area contributed by atoms with Gasteiger partial charge in [-0.1, -0.05) is 42.7 Å². The minimum atomic E-state index is -0.298. The first-order valence-corrected chi connectivity index (χ1v) is 6.00. The van der Waals surface area contributed by atoms with Gasteiger partial charge in [0.05, 0.1) is 6.61 Å². The second-order valence-electron chi connectivity index (χ2n) is 4.47. The first-order chi connectivity index (χ1) is 7.85. The summed E-state index contributed by atoms with van der Waals surface area (Å²) in [5.74, 6) is 2.87. The monoisotopic (exact) mass is 214 g/mol. The van der Waals surface area contributed by atoms with Crippen LogP contribution in [-0.2, 0) is 11.3 Å². The third-order valence-electron chi connectivity index (χ3n) is 3.28. The maximum absolute atomic E-state index is 5.97. The van der Waals surface area contributed by atoms with Gasteiger partial charge >= 0.3 is 0 Å². The van der Waals surface area contributed by atoms with Gasteiger partial charge in [-0.15, -0.1) is 6.42 Å². The topological polar surface area (TPSA) is 9.23 Å². The molecule has 16 heavy (non-hydrogen) atoms. The highest BCUT2D eigenvalue weighted by molar-refractivity contribution is 5.15. The van der Waals surface area contributed by atoms with Gasteiger partial charge in [0, 0.05) is 0 Å². The normalized spacial score (nSPS) is 18.9. The van der Waals surface area contributed by atoms with E-state index in [4.69, 9.17) is 11.2 Å². The molecular formula is C15H18O. The van der Waals surface area contributed by atoms with E-state index in [0.717, 1.165) is 12.8 Å². The molecule has 0 atom stereocenters. The average Bonchev–Trinajstić information content (AvgIpc) is 2.39. The molecule has 2 rings (SSSR count). The van der Waals surface area contributed by atoms with E-state index in [-0.39, 0.29) is 5.60 Å². The zero-order valence-corrected chi connectivity index (χ0v) is 9.61. The smallest absolute Gasteiger partial charge is 0.128 e. The Morgan fingerprint density at radius 2 is 1.81 bits per heavy atom. The molecule has 1 aliphatic carbocycles. The molecule has 0 spiro atoms. The number of terminal acetylenes is 1. The van der Waals surface area contributed by atoms with Crippen LogP contribution in [0.1, 0.15) is 37.7 Å². The highest BCUT2D eigenvalue weighted by Gasteiger charge is 2.30. The average molecular weight is 214 g/mol. The van der Waals surface area contributed by atoms with Gasteiger partial charge in [0.25, 0.3) is 0 Å². The third kappa shape index (κ3) is 2.65. The van der Waals surface area contributed by atoms with Gasteiger partial charge in [-0.3, -0.25) is 0 Å². The molecule has 1 heteroatoms. The summed E-state index contributed by atoms with van der Waals surface area (Å²) in [6.45, 7) is 0.630. The van der Waals surface area contributed by atoms with Gasteiger partial charge in [-0.05, 0) is 31.2 Å². The van der Waals surface area contributed by atoms with Crippen LogP contribution in [0.4, 0.5) is 0 Å². The van der Waals surface area contributed by atoms with E-state index in [9.17, 15) is 0 Å². The lowest BCUT2D eigenvalue weighted by atomic mass is 9.85. The maximum Gasteiger partial charge on any atom is 0.128 e. The Kier molecular flexibility index (Phi) is 3.64. The van der Waals surface area contributed by atoms with E-state index in [2.05, 4.69) is 18.1 Å². The van der Waals surface area contributed by atoms with Crippen LogP contribution in [0.15, 0.2) is 30.3 Å². The molecule has 0 N–H and O–H groups in total. The Morgan fingerprint density at radius 1 is 1.12 bits per heavy atom. The number of hydrogen-bond acceptors (Lipinski definition) is 1. The Balaban J connectivity index is 1.95. The molecule has 84 valence electrons. The molecule has 1 nitrogen and oxygen atoms in total. The van der Waals surface area contributed by atoms with Crippen molar-refractivity contribution in [2.75, 3.05) is 0 Å². The van der Waals surface area contributed by atoms with Gasteiger partial charge in [0.1, 0.15) is 5.60 Å². The number of rotatable bonds is 3. The fourth-order valence-electron chi connectivity index (χ4n) is 2.25. The van der Waals surface area contributed by atoms with Gasteiger partial charge < -0.3 is 4.74 Å². The predicted molar refractivity (Wildman–Crippen MR) is 65.9 cm³/mol. The first-order valence-electron chi connectivity index (χ1n) is 6.00. The second-order valence-corrected chi connectivity index (χ2v) is 4.47. The quantitative estimate of drug-likeness (QED) is 0.699. The number of ether oxygens (including phenoxy) is 1. The van der Waals surface area contributed by atoms with E-state index in [1.165, 1.54) is 24.8 Å². The molecule has 1 aliphatic rings. The van der Waals surface area contributed by atoms with E-state index < -0.39 is 0 Å². The summed E-state index contributed by atoms with van der Waals surface area (Å²) in [6, 6.07) is 10.2. The maximum atomic E-state index is 5.97. The fraction of sp³-hybridized carbons (Fsp3) is 0.467. The summed E-state index contributed by atoms with van der Waals surface area (Å²) >= 11 is 0. The molecule has 0 radical (unpaired) electrons. The van der Waals surface area contributed by atoms with E-state index in [1.54, 1.807) is 0 Å². The van der Waals surface area contributed by atoms with Crippen molar-refractivity contribution < 1.29 is 4.74 Å². The lowest BCUT2D eigenvalue weighted by Gasteiger charge is -2.32. The largest absolute Gasteiger partial charge is 0.358 e. The van der Waals surface area contributed by atoms with E-state index in [0.29, 0.717) is 6.61 Å². The Hall–Kier alpha value is -1.26. The minimum absolute atomic E-state index is 0.298. The highest BCUT2D eigenvalue weighted by atomic mass is 16.5. The summed E-state index contributed by atoms with van der Waals surface area (Å²) in [5, 5.41) is 0. The van der Waals surface area contributed by atoms with Crippen LogP contribution in [0.5, 0.6) is 0 Å². The van der Waals surface area contributed by atoms with Crippen LogP contribution in [-0.4, -0.2) is 5.60 Å². The molecule has 1 fully saturated rings. The molecule has 0 heterocycles. The van der Waals surface area contributed by atoms with Crippen molar-refractivity contribution >= 4 is 0 Å². The summed E-state index contributed by atoms with van der Waals surface area (Å²) < 4.78 is 5.97. The van der Waals surface area contributed by atoms with Crippen molar-refractivity contribution in [3.63, 3.8) is 0 Å². The molecule has 0 aromatic heterocycles. The molecule has 0 bridgehead atoms. The van der Waals surface area contributed by atoms with Crippen LogP contribution in [0, 0.1) is 12.3 Å². The van der Waals surface area contributed by atoms with Crippen molar-refractivity contribution in [3.8, 4) is 12.3 Å². The summed E-state index contributed by atoms with van der Waals surface area (Å²) in [7, 11) is 0. The molecular weight excluding hydrogens is 196 g/mol. The van der Waals surface area contributed by atoms with Crippen LogP contribution < -0.4 is 0 Å². The highest BCUT2D eigenvalue weighted by Crippen LogP contribution is 2.31. The van der Waals surface area contributed by atoms with Crippen molar-refractivity contribution in [1.82, 2.24) is 0 Å².